The summed E-state index contributed by atoms with van der Waals surface area (Å²) in [4.78, 5) is 27.3. The number of carbonyl (C=O) groups is 1. The minimum absolute atomic E-state index is 0.419. The van der Waals surface area contributed by atoms with Crippen LogP contribution in [0.15, 0.2) is 54.6 Å². The van der Waals surface area contributed by atoms with Crippen LogP contribution in [0.25, 0.3) is 10.9 Å². The van der Waals surface area contributed by atoms with Gasteiger partial charge in [0.1, 0.15) is 0 Å². The molecule has 0 aliphatic rings. The number of benzene rings is 2. The van der Waals surface area contributed by atoms with Crippen molar-refractivity contribution in [1.82, 2.24) is 4.98 Å². The molecule has 6 heteroatoms. The van der Waals surface area contributed by atoms with Crippen molar-refractivity contribution in [3.63, 3.8) is 0 Å². The Hall–Kier alpha value is -3.15. The number of H-pyrrole nitrogens is 1. The Labute approximate surface area is 144 Å². The third-order valence-corrected chi connectivity index (χ3v) is 4.39. The van der Waals surface area contributed by atoms with E-state index in [4.69, 9.17) is 4.74 Å². The van der Waals surface area contributed by atoms with E-state index in [9.17, 15) is 14.9 Å². The van der Waals surface area contributed by atoms with Crippen LogP contribution in [0.5, 0.6) is 0 Å². The molecule has 1 aromatic heterocycles. The molecule has 0 aliphatic carbocycles. The summed E-state index contributed by atoms with van der Waals surface area (Å²) in [5, 5.41) is 12.7. The van der Waals surface area contributed by atoms with E-state index in [0.717, 1.165) is 16.6 Å². The van der Waals surface area contributed by atoms with Gasteiger partial charge in [0, 0.05) is 32.6 Å². The van der Waals surface area contributed by atoms with Crippen molar-refractivity contribution >= 4 is 16.9 Å². The predicted octanol–water partition coefficient (Wildman–Crippen LogP) is 3.75. The second-order valence-corrected chi connectivity index (χ2v) is 5.85. The smallest absolute Gasteiger partial charge is 0.320 e. The quantitative estimate of drug-likeness (QED) is 0.436. The molecule has 0 spiro atoms. The second kappa shape index (κ2) is 6.76. The van der Waals surface area contributed by atoms with E-state index >= 15 is 0 Å². The van der Waals surface area contributed by atoms with E-state index in [2.05, 4.69) is 4.98 Å². The zero-order valence-electron chi connectivity index (χ0n) is 13.9. The van der Waals surface area contributed by atoms with Crippen molar-refractivity contribution in [2.75, 3.05) is 7.11 Å². The van der Waals surface area contributed by atoms with Crippen LogP contribution in [-0.4, -0.2) is 23.0 Å². The molecular formula is C19H18N2O4. The molecule has 3 aromatic rings. The molecule has 0 saturated heterocycles. The fourth-order valence-corrected chi connectivity index (χ4v) is 3.32. The van der Waals surface area contributed by atoms with Crippen LogP contribution in [0.4, 0.5) is 0 Å². The number of aryl methyl sites for hydroxylation is 1. The average Bonchev–Trinajstić information content (AvgIpc) is 2.95. The summed E-state index contributed by atoms with van der Waals surface area (Å²) in [5.41, 5.74) is 2.62. The van der Waals surface area contributed by atoms with E-state index in [0.29, 0.717) is 11.1 Å². The molecule has 0 bridgehead atoms. The summed E-state index contributed by atoms with van der Waals surface area (Å²) in [6.45, 7) is 1.81. The Kier molecular flexibility index (Phi) is 4.52. The van der Waals surface area contributed by atoms with Gasteiger partial charge < -0.3 is 9.72 Å². The summed E-state index contributed by atoms with van der Waals surface area (Å²) < 4.78 is 4.94. The third-order valence-electron chi connectivity index (χ3n) is 4.39. The topological polar surface area (TPSA) is 85.2 Å². The number of fused-ring (bicyclic) bond motifs is 1. The summed E-state index contributed by atoms with van der Waals surface area (Å²) in [7, 11) is 1.25. The van der Waals surface area contributed by atoms with Crippen molar-refractivity contribution in [3.05, 3.63) is 81.5 Å². The number of esters is 1. The number of hydrogen-bond donors (Lipinski definition) is 1. The summed E-state index contributed by atoms with van der Waals surface area (Å²) >= 11 is 0. The van der Waals surface area contributed by atoms with Gasteiger partial charge >= 0.3 is 5.97 Å². The van der Waals surface area contributed by atoms with Gasteiger partial charge in [0.05, 0.1) is 7.11 Å². The lowest BCUT2D eigenvalue weighted by molar-refractivity contribution is -0.531. The van der Waals surface area contributed by atoms with Crippen molar-refractivity contribution in [3.8, 4) is 0 Å². The number of hydrogen-bond acceptors (Lipinski definition) is 4. The number of rotatable bonds is 5. The Morgan fingerprint density at radius 2 is 1.76 bits per heavy atom. The highest BCUT2D eigenvalue weighted by Crippen LogP contribution is 2.39. The zero-order valence-corrected chi connectivity index (χ0v) is 13.9. The molecule has 6 nitrogen and oxygen atoms in total. The van der Waals surface area contributed by atoms with Gasteiger partial charge in [-0.15, -0.1) is 0 Å². The number of methoxy groups -OCH3 is 1. The van der Waals surface area contributed by atoms with Crippen molar-refractivity contribution in [1.29, 1.82) is 0 Å². The zero-order chi connectivity index (χ0) is 18.0. The highest BCUT2D eigenvalue weighted by molar-refractivity contribution is 5.91. The number of nitrogens with one attached hydrogen (secondary N) is 1. The van der Waals surface area contributed by atoms with Gasteiger partial charge in [-0.25, -0.2) is 0 Å². The predicted molar refractivity (Wildman–Crippen MR) is 94.0 cm³/mol. The van der Waals surface area contributed by atoms with Crippen molar-refractivity contribution < 1.29 is 14.5 Å². The van der Waals surface area contributed by atoms with Crippen LogP contribution in [-0.2, 0) is 9.53 Å². The minimum Gasteiger partial charge on any atom is -0.468 e. The first-order valence-corrected chi connectivity index (χ1v) is 7.88. The number of ether oxygens (including phenoxy) is 1. The summed E-state index contributed by atoms with van der Waals surface area (Å²) in [6, 6.07) is 14.8. The van der Waals surface area contributed by atoms with E-state index in [1.165, 1.54) is 7.11 Å². The Morgan fingerprint density at radius 1 is 1.12 bits per heavy atom. The second-order valence-electron chi connectivity index (χ2n) is 5.85. The van der Waals surface area contributed by atoms with Gasteiger partial charge in [0.2, 0.25) is 0 Å². The SMILES string of the molecule is COC(=O)C(c1c(C)[nH]c2ccccc12)C(c1ccccc1)[N+](=O)[O-]. The molecule has 1 heterocycles. The molecule has 0 fully saturated rings. The van der Waals surface area contributed by atoms with Crippen molar-refractivity contribution in [2.24, 2.45) is 0 Å². The first kappa shape index (κ1) is 16.7. The molecule has 3 rings (SSSR count). The lowest BCUT2D eigenvalue weighted by atomic mass is 9.85. The van der Waals surface area contributed by atoms with Crippen LogP contribution in [0.2, 0.25) is 0 Å². The number of aromatic nitrogens is 1. The molecule has 1 N–H and O–H groups in total. The maximum Gasteiger partial charge on any atom is 0.320 e. The van der Waals surface area contributed by atoms with Gasteiger partial charge in [-0.05, 0) is 13.0 Å². The molecule has 0 aliphatic heterocycles. The Bertz CT molecular complexity index is 918. The largest absolute Gasteiger partial charge is 0.468 e. The lowest BCUT2D eigenvalue weighted by Crippen LogP contribution is -2.27. The number of aromatic amines is 1. The van der Waals surface area contributed by atoms with Crippen LogP contribution in [0.1, 0.15) is 28.8 Å². The molecule has 25 heavy (non-hydrogen) atoms. The molecule has 2 aromatic carbocycles. The molecule has 2 unspecified atom stereocenters. The molecule has 128 valence electrons. The highest BCUT2D eigenvalue weighted by atomic mass is 16.6. The highest BCUT2D eigenvalue weighted by Gasteiger charge is 2.42. The Balaban J connectivity index is 2.25. The molecule has 0 radical (unpaired) electrons. The molecule has 2 atom stereocenters. The monoisotopic (exact) mass is 338 g/mol. The van der Waals surface area contributed by atoms with E-state index < -0.39 is 22.9 Å². The van der Waals surface area contributed by atoms with Gasteiger partial charge in [-0.2, -0.15) is 0 Å². The number of carbonyl (C=O) groups excluding carboxylic acids is 1. The van der Waals surface area contributed by atoms with Gasteiger partial charge in [-0.3, -0.25) is 14.9 Å². The normalized spacial score (nSPS) is 13.4. The van der Waals surface area contributed by atoms with Gasteiger partial charge in [-0.1, -0.05) is 48.5 Å². The third kappa shape index (κ3) is 2.98. The number of nitrogens with zero attached hydrogens (tertiary/aromatic N) is 1. The van der Waals surface area contributed by atoms with Gasteiger partial charge in [0.25, 0.3) is 6.04 Å². The maximum atomic E-state index is 12.6. The van der Waals surface area contributed by atoms with E-state index in [-0.39, 0.29) is 0 Å². The first-order chi connectivity index (χ1) is 12.0. The molecule has 0 amide bonds. The van der Waals surface area contributed by atoms with Gasteiger partial charge in [0.15, 0.2) is 5.92 Å². The fraction of sp³-hybridized carbons (Fsp3) is 0.211. The number of nitro groups is 1. The lowest BCUT2D eigenvalue weighted by Gasteiger charge is -2.20. The van der Waals surface area contributed by atoms with Crippen LogP contribution < -0.4 is 0 Å². The Morgan fingerprint density at radius 3 is 2.40 bits per heavy atom. The van der Waals surface area contributed by atoms with Crippen LogP contribution in [0.3, 0.4) is 0 Å². The molecular weight excluding hydrogens is 320 g/mol. The average molecular weight is 338 g/mol. The van der Waals surface area contributed by atoms with Crippen LogP contribution >= 0.6 is 0 Å². The summed E-state index contributed by atoms with van der Waals surface area (Å²) in [5.74, 6) is -1.67. The van der Waals surface area contributed by atoms with Crippen LogP contribution in [0, 0.1) is 17.0 Å². The maximum absolute atomic E-state index is 12.6. The number of para-hydroxylation sites is 1. The summed E-state index contributed by atoms with van der Waals surface area (Å²) in [6.07, 6.45) is 0. The first-order valence-electron chi connectivity index (χ1n) is 7.88. The fourth-order valence-electron chi connectivity index (χ4n) is 3.32. The minimum atomic E-state index is -1.23. The van der Waals surface area contributed by atoms with E-state index in [1.807, 2.05) is 31.2 Å². The van der Waals surface area contributed by atoms with E-state index in [1.54, 1.807) is 30.3 Å². The molecule has 0 saturated carbocycles. The van der Waals surface area contributed by atoms with Crippen molar-refractivity contribution in [2.45, 2.75) is 18.9 Å². The standard InChI is InChI=1S/C19H18N2O4/c1-12-16(14-10-6-7-11-15(14)20-12)17(19(22)25-2)18(21(23)24)13-8-4-3-5-9-13/h3-11,17-18,20H,1-2H3.